The van der Waals surface area contributed by atoms with Gasteiger partial charge >= 0.3 is 5.97 Å². The summed E-state index contributed by atoms with van der Waals surface area (Å²) < 4.78 is 1.86. The molecule has 0 aliphatic heterocycles. The molecular formula is C11H12ClN5O2. The van der Waals surface area contributed by atoms with Gasteiger partial charge in [0.05, 0.1) is 17.1 Å². The first-order chi connectivity index (χ1) is 9.13. The van der Waals surface area contributed by atoms with E-state index in [1.54, 1.807) is 6.33 Å². The Hall–Kier alpha value is -2.15. The molecule has 0 spiro atoms. The molecule has 0 unspecified atom stereocenters. The van der Waals surface area contributed by atoms with Crippen LogP contribution in [0, 0.1) is 0 Å². The number of nitrogens with zero attached hydrogens (tertiary/aromatic N) is 4. The largest absolute Gasteiger partial charge is 0.478 e. The molecule has 0 radical (unpaired) electrons. The molecule has 100 valence electrons. The van der Waals surface area contributed by atoms with Gasteiger partial charge in [0.1, 0.15) is 12.1 Å². The minimum absolute atomic E-state index is 0.0103. The van der Waals surface area contributed by atoms with Crippen molar-refractivity contribution in [2.45, 2.75) is 20.0 Å². The van der Waals surface area contributed by atoms with Gasteiger partial charge < -0.3 is 15.0 Å². The zero-order chi connectivity index (χ0) is 13.8. The highest BCUT2D eigenvalue weighted by Crippen LogP contribution is 2.23. The Kier molecular flexibility index (Phi) is 3.96. The van der Waals surface area contributed by atoms with Gasteiger partial charge in [-0.15, -0.1) is 10.2 Å². The van der Waals surface area contributed by atoms with Crippen LogP contribution in [0.5, 0.6) is 0 Å². The number of halogens is 1. The van der Waals surface area contributed by atoms with E-state index in [1.807, 2.05) is 11.5 Å². The van der Waals surface area contributed by atoms with Gasteiger partial charge in [-0.25, -0.2) is 9.78 Å². The number of anilines is 1. The zero-order valence-electron chi connectivity index (χ0n) is 10.2. The van der Waals surface area contributed by atoms with Crippen LogP contribution in [0.3, 0.4) is 0 Å². The molecule has 19 heavy (non-hydrogen) atoms. The van der Waals surface area contributed by atoms with Crippen LogP contribution in [0.25, 0.3) is 0 Å². The number of carboxylic acids is 1. The quantitative estimate of drug-likeness (QED) is 0.866. The fourth-order valence-corrected chi connectivity index (χ4v) is 1.83. The van der Waals surface area contributed by atoms with Crippen molar-refractivity contribution in [2.75, 3.05) is 5.32 Å². The Bertz CT molecular complexity index is 599. The van der Waals surface area contributed by atoms with Crippen LogP contribution in [0.4, 0.5) is 5.82 Å². The van der Waals surface area contributed by atoms with Gasteiger partial charge in [-0.05, 0) is 13.0 Å². The Labute approximate surface area is 114 Å². The molecule has 0 aliphatic carbocycles. The molecule has 0 amide bonds. The molecule has 2 rings (SSSR count). The van der Waals surface area contributed by atoms with Crippen molar-refractivity contribution in [2.24, 2.45) is 0 Å². The van der Waals surface area contributed by atoms with Gasteiger partial charge in [-0.2, -0.15) is 0 Å². The van der Waals surface area contributed by atoms with Crippen molar-refractivity contribution in [1.29, 1.82) is 0 Å². The Morgan fingerprint density at radius 2 is 2.37 bits per heavy atom. The van der Waals surface area contributed by atoms with Crippen molar-refractivity contribution in [3.63, 3.8) is 0 Å². The minimum atomic E-state index is -1.09. The smallest absolute Gasteiger partial charge is 0.337 e. The summed E-state index contributed by atoms with van der Waals surface area (Å²) in [4.78, 5) is 15.0. The molecule has 2 heterocycles. The molecule has 7 nitrogen and oxygen atoms in total. The third-order valence-corrected chi connectivity index (χ3v) is 2.95. The molecule has 0 atom stereocenters. The van der Waals surface area contributed by atoms with E-state index >= 15 is 0 Å². The van der Waals surface area contributed by atoms with Crippen molar-refractivity contribution < 1.29 is 9.90 Å². The lowest BCUT2D eigenvalue weighted by molar-refractivity contribution is 0.0697. The lowest BCUT2D eigenvalue weighted by Crippen LogP contribution is -2.10. The van der Waals surface area contributed by atoms with Gasteiger partial charge in [-0.3, -0.25) is 0 Å². The summed E-state index contributed by atoms with van der Waals surface area (Å²) in [5.74, 6) is -0.0551. The van der Waals surface area contributed by atoms with E-state index in [0.717, 1.165) is 12.4 Å². The number of pyridine rings is 1. The maximum atomic E-state index is 10.9. The molecular weight excluding hydrogens is 270 g/mol. The number of aromatic carboxylic acids is 1. The van der Waals surface area contributed by atoms with Gasteiger partial charge in [0.15, 0.2) is 5.82 Å². The number of rotatable bonds is 5. The molecule has 8 heteroatoms. The Morgan fingerprint density at radius 1 is 1.58 bits per heavy atom. The van der Waals surface area contributed by atoms with Gasteiger partial charge in [0.2, 0.25) is 0 Å². The van der Waals surface area contributed by atoms with Crippen LogP contribution in [0.1, 0.15) is 23.1 Å². The second kappa shape index (κ2) is 5.66. The van der Waals surface area contributed by atoms with Crippen molar-refractivity contribution in [1.82, 2.24) is 19.7 Å². The third-order valence-electron chi connectivity index (χ3n) is 2.57. The highest BCUT2D eigenvalue weighted by atomic mass is 35.5. The van der Waals surface area contributed by atoms with Crippen LogP contribution in [0.15, 0.2) is 18.6 Å². The van der Waals surface area contributed by atoms with Crippen LogP contribution in [0.2, 0.25) is 5.02 Å². The lowest BCUT2D eigenvalue weighted by atomic mass is 10.2. The second-order valence-corrected chi connectivity index (χ2v) is 4.09. The standard InChI is InChI=1S/C11H12ClN5O2/c1-2-17-6-15-16-8(17)5-14-10-9(12)7(11(18)19)3-4-13-10/h3-4,6H,2,5H2,1H3,(H,13,14)(H,18,19). The predicted octanol–water partition coefficient (Wildman–Crippen LogP) is 1.66. The monoisotopic (exact) mass is 281 g/mol. The first kappa shape index (κ1) is 13.3. The number of nitrogens with one attached hydrogen (secondary N) is 1. The molecule has 0 saturated heterocycles. The molecule has 2 N–H and O–H groups in total. The number of carboxylic acid groups (broad SMARTS) is 1. The number of hydrogen-bond acceptors (Lipinski definition) is 5. The normalized spacial score (nSPS) is 10.4. The number of carbonyl (C=O) groups is 1. The van der Waals surface area contributed by atoms with Crippen LogP contribution in [-0.2, 0) is 13.1 Å². The Morgan fingerprint density at radius 3 is 3.05 bits per heavy atom. The van der Waals surface area contributed by atoms with E-state index in [9.17, 15) is 4.79 Å². The molecule has 0 bridgehead atoms. The maximum absolute atomic E-state index is 10.9. The van der Waals surface area contributed by atoms with E-state index < -0.39 is 5.97 Å². The van der Waals surface area contributed by atoms with Gasteiger partial charge in [0.25, 0.3) is 0 Å². The first-order valence-corrected chi connectivity index (χ1v) is 5.99. The first-order valence-electron chi connectivity index (χ1n) is 5.61. The van der Waals surface area contributed by atoms with E-state index in [0.29, 0.717) is 12.4 Å². The lowest BCUT2D eigenvalue weighted by Gasteiger charge is -2.09. The summed E-state index contributed by atoms with van der Waals surface area (Å²) in [6, 6.07) is 1.35. The topological polar surface area (TPSA) is 92.9 Å². The van der Waals surface area contributed by atoms with Crippen LogP contribution < -0.4 is 5.32 Å². The minimum Gasteiger partial charge on any atom is -0.478 e. The molecule has 2 aromatic rings. The second-order valence-electron chi connectivity index (χ2n) is 3.71. The SMILES string of the molecule is CCn1cnnc1CNc1nccc(C(=O)O)c1Cl. The molecule has 0 aromatic carbocycles. The van der Waals surface area contributed by atoms with E-state index in [2.05, 4.69) is 20.5 Å². The summed E-state index contributed by atoms with van der Waals surface area (Å²) in [5, 5.41) is 19.7. The summed E-state index contributed by atoms with van der Waals surface area (Å²) in [6.07, 6.45) is 3.02. The average molecular weight is 282 g/mol. The van der Waals surface area contributed by atoms with Crippen LogP contribution >= 0.6 is 11.6 Å². The highest BCUT2D eigenvalue weighted by molar-refractivity contribution is 6.35. The zero-order valence-corrected chi connectivity index (χ0v) is 10.9. The predicted molar refractivity (Wildman–Crippen MR) is 69.2 cm³/mol. The van der Waals surface area contributed by atoms with Gasteiger partial charge in [0, 0.05) is 12.7 Å². The van der Waals surface area contributed by atoms with E-state index in [4.69, 9.17) is 16.7 Å². The van der Waals surface area contributed by atoms with Crippen molar-refractivity contribution in [3.8, 4) is 0 Å². The number of aryl methyl sites for hydroxylation is 1. The summed E-state index contributed by atoms with van der Waals surface area (Å²) in [7, 11) is 0. The maximum Gasteiger partial charge on any atom is 0.337 e. The highest BCUT2D eigenvalue weighted by Gasteiger charge is 2.13. The van der Waals surface area contributed by atoms with Crippen molar-refractivity contribution in [3.05, 3.63) is 35.0 Å². The Balaban J connectivity index is 2.16. The van der Waals surface area contributed by atoms with Crippen LogP contribution in [-0.4, -0.2) is 30.8 Å². The van der Waals surface area contributed by atoms with E-state index in [1.165, 1.54) is 12.3 Å². The fourth-order valence-electron chi connectivity index (χ4n) is 1.57. The summed E-state index contributed by atoms with van der Waals surface area (Å²) in [6.45, 7) is 3.09. The molecule has 0 saturated carbocycles. The van der Waals surface area contributed by atoms with Gasteiger partial charge in [-0.1, -0.05) is 11.6 Å². The number of aromatic nitrogens is 4. The number of hydrogen-bond donors (Lipinski definition) is 2. The average Bonchev–Trinajstić information content (AvgIpc) is 2.84. The fraction of sp³-hybridized carbons (Fsp3) is 0.273. The third kappa shape index (κ3) is 2.82. The summed E-state index contributed by atoms with van der Waals surface area (Å²) in [5.41, 5.74) is 0.0103. The summed E-state index contributed by atoms with van der Waals surface area (Å²) >= 11 is 5.97. The van der Waals surface area contributed by atoms with Crippen molar-refractivity contribution >= 4 is 23.4 Å². The van der Waals surface area contributed by atoms with E-state index in [-0.39, 0.29) is 10.6 Å². The molecule has 2 aromatic heterocycles. The molecule has 0 fully saturated rings. The molecule has 0 aliphatic rings.